The number of halogens is 3. The van der Waals surface area contributed by atoms with Crippen LogP contribution in [0.2, 0.25) is 0 Å². The highest BCUT2D eigenvalue weighted by atomic mass is 32.1. The average molecular weight is 307 g/mol. The number of rotatable bonds is 3. The Bertz CT molecular complexity index is 574. The molecule has 0 aromatic carbocycles. The quantitative estimate of drug-likeness (QED) is 0.675. The molecule has 2 aromatic rings. The van der Waals surface area contributed by atoms with E-state index in [0.29, 0.717) is 10.6 Å². The van der Waals surface area contributed by atoms with Crippen LogP contribution in [0.15, 0.2) is 10.8 Å². The van der Waals surface area contributed by atoms with E-state index in [9.17, 15) is 13.2 Å². The molecule has 3 N–H and O–H groups in total. The normalized spacial score (nSPS) is 13.8. The van der Waals surface area contributed by atoms with E-state index in [2.05, 4.69) is 10.4 Å². The molecule has 0 aliphatic heterocycles. The minimum absolute atomic E-state index is 0.145. The zero-order chi connectivity index (χ0) is 14.2. The Kier molecular flexibility index (Phi) is 3.95. The van der Waals surface area contributed by atoms with Crippen molar-refractivity contribution in [2.75, 3.05) is 0 Å². The molecule has 1 unspecified atom stereocenters. The largest absolute Gasteiger partial charge is 0.417 e. The van der Waals surface area contributed by atoms with E-state index >= 15 is 0 Å². The fourth-order valence-electron chi connectivity index (χ4n) is 1.88. The molecular weight excluding hydrogens is 295 g/mol. The monoisotopic (exact) mass is 307 g/mol. The van der Waals surface area contributed by atoms with Gasteiger partial charge in [-0.1, -0.05) is 0 Å². The number of nitrogens with two attached hydrogens (primary N) is 1. The van der Waals surface area contributed by atoms with Crippen molar-refractivity contribution in [3.63, 3.8) is 0 Å². The van der Waals surface area contributed by atoms with E-state index in [1.165, 1.54) is 16.7 Å². The number of aromatic nitrogens is 1. The zero-order valence-corrected chi connectivity index (χ0v) is 11.8. The van der Waals surface area contributed by atoms with Crippen molar-refractivity contribution in [1.82, 2.24) is 10.4 Å². The average Bonchev–Trinajstić information content (AvgIpc) is 2.87. The molecule has 0 bridgehead atoms. The molecule has 2 heterocycles. The van der Waals surface area contributed by atoms with Gasteiger partial charge in [0.15, 0.2) is 0 Å². The predicted octanol–water partition coefficient (Wildman–Crippen LogP) is 3.39. The molecule has 0 radical (unpaired) electrons. The number of alkyl halides is 3. The topological polar surface area (TPSA) is 50.9 Å². The Morgan fingerprint density at radius 2 is 2.00 bits per heavy atom. The molecule has 2 aromatic heterocycles. The molecule has 0 fully saturated rings. The first-order valence-electron chi connectivity index (χ1n) is 5.38. The van der Waals surface area contributed by atoms with Crippen LogP contribution in [-0.4, -0.2) is 4.98 Å². The smallest absolute Gasteiger partial charge is 0.271 e. The molecule has 0 amide bonds. The second kappa shape index (κ2) is 5.20. The Hall–Kier alpha value is -0.960. The maximum Gasteiger partial charge on any atom is 0.417 e. The number of nitrogens with one attached hydrogen (secondary N) is 1. The van der Waals surface area contributed by atoms with Crippen LogP contribution in [0.1, 0.15) is 32.7 Å². The molecule has 0 saturated carbocycles. The minimum atomic E-state index is -4.38. The first kappa shape index (κ1) is 14.4. The summed E-state index contributed by atoms with van der Waals surface area (Å²) in [6.07, 6.45) is -4.38. The first-order chi connectivity index (χ1) is 8.84. The summed E-state index contributed by atoms with van der Waals surface area (Å²) in [4.78, 5) is 4.94. The van der Waals surface area contributed by atoms with Crippen molar-refractivity contribution in [3.8, 4) is 0 Å². The lowest BCUT2D eigenvalue weighted by Gasteiger charge is -2.17. The van der Waals surface area contributed by atoms with Crippen molar-refractivity contribution in [2.45, 2.75) is 26.1 Å². The lowest BCUT2D eigenvalue weighted by Crippen LogP contribution is -2.30. The van der Waals surface area contributed by atoms with E-state index in [1.54, 1.807) is 6.92 Å². The van der Waals surface area contributed by atoms with Gasteiger partial charge in [-0.3, -0.25) is 5.84 Å². The summed E-state index contributed by atoms with van der Waals surface area (Å²) in [5, 5.41) is 3.38. The van der Waals surface area contributed by atoms with Gasteiger partial charge in [0.1, 0.15) is 0 Å². The van der Waals surface area contributed by atoms with Gasteiger partial charge in [0.2, 0.25) is 0 Å². The highest BCUT2D eigenvalue weighted by Crippen LogP contribution is 2.40. The molecule has 0 spiro atoms. The summed E-state index contributed by atoms with van der Waals surface area (Å²) in [5.41, 5.74) is 2.66. The maximum atomic E-state index is 12.9. The molecule has 0 aliphatic carbocycles. The Labute approximate surface area is 116 Å². The van der Waals surface area contributed by atoms with Crippen LogP contribution in [0.5, 0.6) is 0 Å². The summed E-state index contributed by atoms with van der Waals surface area (Å²) >= 11 is 2.36. The van der Waals surface area contributed by atoms with Gasteiger partial charge in [-0.2, -0.15) is 24.5 Å². The summed E-state index contributed by atoms with van der Waals surface area (Å²) in [5.74, 6) is 5.45. The van der Waals surface area contributed by atoms with Crippen LogP contribution in [0.3, 0.4) is 0 Å². The maximum absolute atomic E-state index is 12.9. The summed E-state index contributed by atoms with van der Waals surface area (Å²) in [6.45, 7) is 3.58. The van der Waals surface area contributed by atoms with Gasteiger partial charge in [0.05, 0.1) is 27.2 Å². The molecule has 104 valence electrons. The predicted molar refractivity (Wildman–Crippen MR) is 70.1 cm³/mol. The molecule has 1 atom stereocenters. The molecule has 0 aliphatic rings. The minimum Gasteiger partial charge on any atom is -0.271 e. The van der Waals surface area contributed by atoms with E-state index in [0.717, 1.165) is 21.7 Å². The van der Waals surface area contributed by atoms with Crippen LogP contribution < -0.4 is 11.3 Å². The van der Waals surface area contributed by atoms with Crippen LogP contribution in [0.25, 0.3) is 0 Å². The number of hydrogen-bond donors (Lipinski definition) is 2. The Morgan fingerprint density at radius 3 is 2.47 bits per heavy atom. The number of thiazole rings is 1. The molecular formula is C11H12F3N3S2. The number of aryl methyl sites for hydroxylation is 2. The highest BCUT2D eigenvalue weighted by molar-refractivity contribution is 7.11. The number of hydrazine groups is 1. The summed E-state index contributed by atoms with van der Waals surface area (Å²) in [6, 6.07) is -0.686. The molecule has 8 heteroatoms. The third kappa shape index (κ3) is 2.81. The van der Waals surface area contributed by atoms with E-state index in [-0.39, 0.29) is 5.56 Å². The SMILES string of the molecule is Cc1nc(C)c(C(NN)c2cscc2C(F)(F)F)s1. The lowest BCUT2D eigenvalue weighted by molar-refractivity contribution is -0.138. The van der Waals surface area contributed by atoms with Crippen molar-refractivity contribution < 1.29 is 13.2 Å². The fraction of sp³-hybridized carbons (Fsp3) is 0.364. The summed E-state index contributed by atoms with van der Waals surface area (Å²) < 4.78 is 38.8. The van der Waals surface area contributed by atoms with Gasteiger partial charge in [-0.05, 0) is 24.8 Å². The van der Waals surface area contributed by atoms with Gasteiger partial charge in [0.25, 0.3) is 0 Å². The van der Waals surface area contributed by atoms with Gasteiger partial charge >= 0.3 is 6.18 Å². The van der Waals surface area contributed by atoms with Crippen LogP contribution in [-0.2, 0) is 6.18 Å². The van der Waals surface area contributed by atoms with Crippen molar-refractivity contribution >= 4 is 22.7 Å². The number of thiophene rings is 1. The third-order valence-corrected chi connectivity index (χ3v) is 4.58. The Morgan fingerprint density at radius 1 is 1.32 bits per heavy atom. The lowest BCUT2D eigenvalue weighted by atomic mass is 10.0. The standard InChI is InChI=1S/C11H12F3N3S2/c1-5-10(19-6(2)16-5)9(17-15)7-3-18-4-8(7)11(12,13)14/h3-4,9,17H,15H2,1-2H3. The van der Waals surface area contributed by atoms with Gasteiger partial charge in [0, 0.05) is 5.38 Å². The van der Waals surface area contributed by atoms with Crippen molar-refractivity contribution in [2.24, 2.45) is 5.84 Å². The first-order valence-corrected chi connectivity index (χ1v) is 7.14. The van der Waals surface area contributed by atoms with Crippen LogP contribution in [0.4, 0.5) is 13.2 Å². The van der Waals surface area contributed by atoms with E-state index in [1.807, 2.05) is 6.92 Å². The van der Waals surface area contributed by atoms with Crippen molar-refractivity contribution in [3.05, 3.63) is 37.5 Å². The Balaban J connectivity index is 2.49. The van der Waals surface area contributed by atoms with E-state index < -0.39 is 17.8 Å². The van der Waals surface area contributed by atoms with Gasteiger partial charge < -0.3 is 0 Å². The summed E-state index contributed by atoms with van der Waals surface area (Å²) in [7, 11) is 0. The molecule has 2 rings (SSSR count). The zero-order valence-electron chi connectivity index (χ0n) is 10.2. The van der Waals surface area contributed by atoms with Gasteiger partial charge in [-0.25, -0.2) is 10.4 Å². The highest BCUT2D eigenvalue weighted by Gasteiger charge is 2.37. The molecule has 3 nitrogen and oxygen atoms in total. The van der Waals surface area contributed by atoms with Crippen LogP contribution >= 0.6 is 22.7 Å². The molecule has 0 saturated heterocycles. The molecule has 19 heavy (non-hydrogen) atoms. The third-order valence-electron chi connectivity index (χ3n) is 2.68. The van der Waals surface area contributed by atoms with Gasteiger partial charge in [-0.15, -0.1) is 11.3 Å². The van der Waals surface area contributed by atoms with Crippen LogP contribution in [0, 0.1) is 13.8 Å². The number of hydrogen-bond acceptors (Lipinski definition) is 5. The van der Waals surface area contributed by atoms with Crippen molar-refractivity contribution in [1.29, 1.82) is 0 Å². The van der Waals surface area contributed by atoms with E-state index in [4.69, 9.17) is 5.84 Å². The second-order valence-corrected chi connectivity index (χ2v) is 6.00. The fourth-order valence-corrected chi connectivity index (χ4v) is 3.77. The number of nitrogens with zero attached hydrogens (tertiary/aromatic N) is 1. The second-order valence-electron chi connectivity index (χ2n) is 4.02.